The summed E-state index contributed by atoms with van der Waals surface area (Å²) in [6.07, 6.45) is 0. The number of fused-ring (bicyclic) bond motifs is 1. The third-order valence-corrected chi connectivity index (χ3v) is 3.74. The number of hydrogen-bond acceptors (Lipinski definition) is 3. The molecular weight excluding hydrogens is 246 g/mol. The fraction of sp³-hybridized carbons (Fsp3) is 0.235. The molecule has 2 aromatic rings. The van der Waals surface area contributed by atoms with Crippen LogP contribution in [0.3, 0.4) is 0 Å². The summed E-state index contributed by atoms with van der Waals surface area (Å²) < 4.78 is 0. The summed E-state index contributed by atoms with van der Waals surface area (Å²) in [4.78, 5) is 2.27. The van der Waals surface area contributed by atoms with Gasteiger partial charge in [-0.1, -0.05) is 30.3 Å². The summed E-state index contributed by atoms with van der Waals surface area (Å²) in [5, 5.41) is 12.5. The number of nitriles is 1. The van der Waals surface area contributed by atoms with Crippen molar-refractivity contribution in [2.75, 3.05) is 11.9 Å². The first-order valence-corrected chi connectivity index (χ1v) is 6.81. The maximum absolute atomic E-state index is 9.39. The van der Waals surface area contributed by atoms with Crippen molar-refractivity contribution in [2.45, 2.75) is 19.6 Å². The molecule has 20 heavy (non-hydrogen) atoms. The highest BCUT2D eigenvalue weighted by Gasteiger charge is 2.20. The molecule has 1 N–H and O–H groups in total. The Morgan fingerprint density at radius 1 is 1.15 bits per heavy atom. The van der Waals surface area contributed by atoms with Gasteiger partial charge in [-0.25, -0.2) is 0 Å². The maximum Gasteiger partial charge on any atom is 0.101 e. The average molecular weight is 263 g/mol. The summed E-state index contributed by atoms with van der Waals surface area (Å²) in [6, 6.07) is 16.9. The molecule has 0 bridgehead atoms. The molecule has 3 rings (SSSR count). The van der Waals surface area contributed by atoms with Crippen molar-refractivity contribution in [1.82, 2.24) is 5.32 Å². The van der Waals surface area contributed by atoms with E-state index in [4.69, 9.17) is 0 Å². The Labute approximate surface area is 119 Å². The molecule has 0 aliphatic carbocycles. The van der Waals surface area contributed by atoms with Gasteiger partial charge < -0.3 is 10.2 Å². The van der Waals surface area contributed by atoms with Gasteiger partial charge in [0.2, 0.25) is 0 Å². The minimum absolute atomic E-state index is 0.755. The zero-order chi connectivity index (χ0) is 13.9. The predicted molar refractivity (Wildman–Crippen MR) is 80.2 cm³/mol. The highest BCUT2D eigenvalue weighted by molar-refractivity contribution is 5.62. The fourth-order valence-electron chi connectivity index (χ4n) is 2.77. The largest absolute Gasteiger partial charge is 0.362 e. The van der Waals surface area contributed by atoms with Crippen molar-refractivity contribution in [3.05, 3.63) is 64.7 Å². The maximum atomic E-state index is 9.39. The average Bonchev–Trinajstić information content (AvgIpc) is 2.91. The molecule has 0 atom stereocenters. The van der Waals surface area contributed by atoms with Gasteiger partial charge in [0.1, 0.15) is 6.07 Å². The molecule has 1 aliphatic heterocycles. The van der Waals surface area contributed by atoms with Gasteiger partial charge in [-0.05, 0) is 35.9 Å². The topological polar surface area (TPSA) is 39.1 Å². The Bertz CT molecular complexity index is 645. The summed E-state index contributed by atoms with van der Waals surface area (Å²) in [5.41, 5.74) is 5.64. The molecular formula is C17H17N3. The zero-order valence-electron chi connectivity index (χ0n) is 11.6. The van der Waals surface area contributed by atoms with E-state index in [1.54, 1.807) is 0 Å². The van der Waals surface area contributed by atoms with Crippen molar-refractivity contribution in [1.29, 1.82) is 5.26 Å². The Morgan fingerprint density at radius 3 is 2.45 bits per heavy atom. The summed E-state index contributed by atoms with van der Waals surface area (Å²) in [6.45, 7) is 2.56. The SMILES string of the molecule is CNCc1ccc(N2Cc3ccccc3C2)c(C#N)c1. The Balaban J connectivity index is 1.91. The normalized spacial score (nSPS) is 13.1. The van der Waals surface area contributed by atoms with Crippen LogP contribution in [0.1, 0.15) is 22.3 Å². The number of anilines is 1. The minimum Gasteiger partial charge on any atom is -0.362 e. The van der Waals surface area contributed by atoms with Gasteiger partial charge in [0.15, 0.2) is 0 Å². The molecule has 0 aromatic heterocycles. The first-order valence-electron chi connectivity index (χ1n) is 6.81. The standard InChI is InChI=1S/C17H17N3/c1-19-10-13-6-7-17(16(8-13)9-18)20-11-14-4-2-3-5-15(14)12-20/h2-8,19H,10-12H2,1H3. The van der Waals surface area contributed by atoms with Gasteiger partial charge in [0, 0.05) is 19.6 Å². The highest BCUT2D eigenvalue weighted by Crippen LogP contribution is 2.30. The van der Waals surface area contributed by atoms with Crippen LogP contribution in [-0.4, -0.2) is 7.05 Å². The van der Waals surface area contributed by atoms with Crippen LogP contribution in [0.15, 0.2) is 42.5 Å². The lowest BCUT2D eigenvalue weighted by molar-refractivity contribution is 0.815. The van der Waals surface area contributed by atoms with E-state index in [1.807, 2.05) is 13.1 Å². The number of nitrogens with zero attached hydrogens (tertiary/aromatic N) is 2. The number of rotatable bonds is 3. The van der Waals surface area contributed by atoms with Crippen LogP contribution >= 0.6 is 0 Å². The second kappa shape index (κ2) is 5.36. The smallest absolute Gasteiger partial charge is 0.101 e. The number of benzene rings is 2. The quantitative estimate of drug-likeness (QED) is 0.925. The van der Waals surface area contributed by atoms with E-state index in [1.165, 1.54) is 11.1 Å². The van der Waals surface area contributed by atoms with Crippen LogP contribution in [-0.2, 0) is 19.6 Å². The molecule has 0 amide bonds. The molecule has 0 spiro atoms. The third-order valence-electron chi connectivity index (χ3n) is 3.74. The number of hydrogen-bond donors (Lipinski definition) is 1. The van der Waals surface area contributed by atoms with Gasteiger partial charge in [-0.2, -0.15) is 5.26 Å². The van der Waals surface area contributed by atoms with Crippen LogP contribution in [0.2, 0.25) is 0 Å². The second-order valence-corrected chi connectivity index (χ2v) is 5.12. The minimum atomic E-state index is 0.755. The van der Waals surface area contributed by atoms with Crippen molar-refractivity contribution in [3.63, 3.8) is 0 Å². The van der Waals surface area contributed by atoms with Crippen molar-refractivity contribution >= 4 is 5.69 Å². The predicted octanol–water partition coefficient (Wildman–Crippen LogP) is 2.80. The molecule has 1 heterocycles. The van der Waals surface area contributed by atoms with Crippen LogP contribution < -0.4 is 10.2 Å². The first-order chi connectivity index (χ1) is 9.81. The van der Waals surface area contributed by atoms with Gasteiger partial charge in [-0.3, -0.25) is 0 Å². The summed E-state index contributed by atoms with van der Waals surface area (Å²) in [5.74, 6) is 0. The highest BCUT2D eigenvalue weighted by atomic mass is 15.1. The van der Waals surface area contributed by atoms with E-state index < -0.39 is 0 Å². The lowest BCUT2D eigenvalue weighted by atomic mass is 10.1. The molecule has 3 heteroatoms. The Kier molecular flexibility index (Phi) is 3.41. The summed E-state index contributed by atoms with van der Waals surface area (Å²) >= 11 is 0. The van der Waals surface area contributed by atoms with E-state index in [0.29, 0.717) is 0 Å². The van der Waals surface area contributed by atoms with E-state index in [9.17, 15) is 5.26 Å². The van der Waals surface area contributed by atoms with E-state index in [2.05, 4.69) is 52.7 Å². The Hall–Kier alpha value is -2.31. The molecule has 0 unspecified atom stereocenters. The molecule has 0 fully saturated rings. The lowest BCUT2D eigenvalue weighted by Crippen LogP contribution is -2.16. The molecule has 2 aromatic carbocycles. The van der Waals surface area contributed by atoms with E-state index in [-0.39, 0.29) is 0 Å². The second-order valence-electron chi connectivity index (χ2n) is 5.12. The molecule has 0 saturated heterocycles. The molecule has 100 valence electrons. The van der Waals surface area contributed by atoms with Crippen LogP contribution in [0.5, 0.6) is 0 Å². The molecule has 3 nitrogen and oxygen atoms in total. The monoisotopic (exact) mass is 263 g/mol. The van der Waals surface area contributed by atoms with Crippen molar-refractivity contribution < 1.29 is 0 Å². The third kappa shape index (κ3) is 2.26. The molecule has 0 saturated carbocycles. The van der Waals surface area contributed by atoms with Crippen molar-refractivity contribution in [2.24, 2.45) is 0 Å². The number of nitrogens with one attached hydrogen (secondary N) is 1. The Morgan fingerprint density at radius 2 is 1.85 bits per heavy atom. The van der Waals surface area contributed by atoms with Crippen LogP contribution in [0.4, 0.5) is 5.69 Å². The van der Waals surface area contributed by atoms with Crippen LogP contribution in [0.25, 0.3) is 0 Å². The van der Waals surface area contributed by atoms with Crippen molar-refractivity contribution in [3.8, 4) is 6.07 Å². The van der Waals surface area contributed by atoms with Gasteiger partial charge in [0.05, 0.1) is 11.3 Å². The molecule has 0 radical (unpaired) electrons. The zero-order valence-corrected chi connectivity index (χ0v) is 11.6. The lowest BCUT2D eigenvalue weighted by Gasteiger charge is -2.19. The van der Waals surface area contributed by atoms with Gasteiger partial charge in [0.25, 0.3) is 0 Å². The fourth-order valence-corrected chi connectivity index (χ4v) is 2.77. The van der Waals surface area contributed by atoms with Gasteiger partial charge >= 0.3 is 0 Å². The molecule has 1 aliphatic rings. The van der Waals surface area contributed by atoms with E-state index in [0.717, 1.165) is 36.4 Å². The van der Waals surface area contributed by atoms with Crippen LogP contribution in [0, 0.1) is 11.3 Å². The summed E-state index contributed by atoms with van der Waals surface area (Å²) in [7, 11) is 1.91. The van der Waals surface area contributed by atoms with E-state index >= 15 is 0 Å². The first kappa shape index (κ1) is 12.7. The van der Waals surface area contributed by atoms with Gasteiger partial charge in [-0.15, -0.1) is 0 Å².